The molecule has 1 unspecified atom stereocenters. The Bertz CT molecular complexity index is 753. The second-order valence-electron chi connectivity index (χ2n) is 6.65. The largest absolute Gasteiger partial charge is 0.489 e. The molecule has 1 atom stereocenters. The topological polar surface area (TPSA) is 70.3 Å². The quantitative estimate of drug-likeness (QED) is 0.612. The summed E-state index contributed by atoms with van der Waals surface area (Å²) in [5, 5.41) is 3.41. The van der Waals surface area contributed by atoms with Gasteiger partial charge in [0.25, 0.3) is 5.91 Å². The first-order valence-electron chi connectivity index (χ1n) is 9.71. The molecule has 2 aromatic rings. The van der Waals surface area contributed by atoms with Crippen LogP contribution in [0.25, 0.3) is 0 Å². The molecular weight excluding hydrogens is 356 g/mol. The summed E-state index contributed by atoms with van der Waals surface area (Å²) >= 11 is 0. The number of carbonyl (C=O) groups excluding carboxylic acids is 1. The van der Waals surface area contributed by atoms with Crippen molar-refractivity contribution >= 4 is 11.9 Å². The highest BCUT2D eigenvalue weighted by atomic mass is 16.5. The average Bonchev–Trinajstić information content (AvgIpc) is 3.29. The number of hydrogen-bond acceptors (Lipinski definition) is 4. The number of benzene rings is 1. The third-order valence-electron chi connectivity index (χ3n) is 4.80. The Hall–Kier alpha value is -2.96. The standard InChI is InChI=1S/C21H28N4O3/c1-3-17(28-18-8-5-4-6-9-18)16-23-21(22-2)25-13-11-24(12-14-25)20(26)19-10-7-15-27-19/h4-10,15,17H,3,11-14,16H2,1-2H3,(H,22,23). The van der Waals surface area contributed by atoms with Crippen LogP contribution in [0.4, 0.5) is 0 Å². The molecule has 7 heteroatoms. The summed E-state index contributed by atoms with van der Waals surface area (Å²) < 4.78 is 11.3. The molecule has 1 aromatic carbocycles. The molecule has 150 valence electrons. The molecule has 1 aliphatic heterocycles. The Morgan fingerprint density at radius 3 is 2.46 bits per heavy atom. The molecule has 0 radical (unpaired) electrons. The van der Waals surface area contributed by atoms with Crippen LogP contribution in [0.2, 0.25) is 0 Å². The van der Waals surface area contributed by atoms with Gasteiger partial charge in [-0.3, -0.25) is 9.79 Å². The lowest BCUT2D eigenvalue weighted by Gasteiger charge is -2.36. The van der Waals surface area contributed by atoms with Gasteiger partial charge in [0.05, 0.1) is 12.8 Å². The van der Waals surface area contributed by atoms with E-state index in [1.165, 1.54) is 6.26 Å². The van der Waals surface area contributed by atoms with Gasteiger partial charge in [-0.05, 0) is 30.7 Å². The molecule has 1 aromatic heterocycles. The van der Waals surface area contributed by atoms with Crippen LogP contribution in [-0.4, -0.2) is 67.5 Å². The van der Waals surface area contributed by atoms with E-state index in [-0.39, 0.29) is 12.0 Å². The summed E-state index contributed by atoms with van der Waals surface area (Å²) in [7, 11) is 1.78. The average molecular weight is 384 g/mol. The molecular formula is C21H28N4O3. The van der Waals surface area contributed by atoms with E-state index < -0.39 is 0 Å². The summed E-state index contributed by atoms with van der Waals surface area (Å²) in [6, 6.07) is 13.3. The van der Waals surface area contributed by atoms with Crippen molar-refractivity contribution < 1.29 is 13.9 Å². The van der Waals surface area contributed by atoms with E-state index in [1.54, 1.807) is 19.2 Å². The Balaban J connectivity index is 1.48. The fourth-order valence-electron chi connectivity index (χ4n) is 3.18. The molecule has 1 fully saturated rings. The van der Waals surface area contributed by atoms with Crippen molar-refractivity contribution in [2.45, 2.75) is 19.4 Å². The molecule has 0 spiro atoms. The molecule has 7 nitrogen and oxygen atoms in total. The lowest BCUT2D eigenvalue weighted by atomic mass is 10.2. The SMILES string of the molecule is CCC(CNC(=NC)N1CCN(C(=O)c2ccco2)CC1)Oc1ccccc1. The van der Waals surface area contributed by atoms with Crippen molar-refractivity contribution in [1.29, 1.82) is 0 Å². The van der Waals surface area contributed by atoms with E-state index >= 15 is 0 Å². The summed E-state index contributed by atoms with van der Waals surface area (Å²) in [6.45, 7) is 5.50. The number of nitrogens with zero attached hydrogens (tertiary/aromatic N) is 3. The van der Waals surface area contributed by atoms with Crippen LogP contribution in [-0.2, 0) is 0 Å². The lowest BCUT2D eigenvalue weighted by Crippen LogP contribution is -2.54. The Kier molecular flexibility index (Phi) is 6.94. The lowest BCUT2D eigenvalue weighted by molar-refractivity contribution is 0.0657. The number of amides is 1. The zero-order chi connectivity index (χ0) is 19.8. The molecule has 1 amide bonds. The van der Waals surface area contributed by atoms with Gasteiger partial charge in [-0.2, -0.15) is 0 Å². The first kappa shape index (κ1) is 19.8. The number of ether oxygens (including phenoxy) is 1. The number of para-hydroxylation sites is 1. The normalized spacial score (nSPS) is 16.0. The maximum atomic E-state index is 12.4. The molecule has 0 bridgehead atoms. The van der Waals surface area contributed by atoms with Gasteiger partial charge >= 0.3 is 0 Å². The van der Waals surface area contributed by atoms with Gasteiger partial charge in [0.15, 0.2) is 11.7 Å². The summed E-state index contributed by atoms with van der Waals surface area (Å²) in [5.74, 6) is 2.03. The number of furan rings is 1. The van der Waals surface area contributed by atoms with E-state index in [1.807, 2.05) is 35.2 Å². The highest BCUT2D eigenvalue weighted by molar-refractivity contribution is 5.91. The van der Waals surface area contributed by atoms with Crippen LogP contribution in [0.3, 0.4) is 0 Å². The predicted molar refractivity (Wildman–Crippen MR) is 109 cm³/mol. The molecule has 3 rings (SSSR count). The predicted octanol–water partition coefficient (Wildman–Crippen LogP) is 2.47. The van der Waals surface area contributed by atoms with Crippen LogP contribution in [0, 0.1) is 0 Å². The van der Waals surface area contributed by atoms with Crippen molar-refractivity contribution in [3.05, 3.63) is 54.5 Å². The zero-order valence-electron chi connectivity index (χ0n) is 16.5. The molecule has 1 N–H and O–H groups in total. The van der Waals surface area contributed by atoms with Gasteiger partial charge in [0.2, 0.25) is 0 Å². The minimum absolute atomic E-state index is 0.0565. The number of aliphatic imine (C=N–C) groups is 1. The van der Waals surface area contributed by atoms with Gasteiger partial charge in [0.1, 0.15) is 11.9 Å². The van der Waals surface area contributed by atoms with Gasteiger partial charge in [0, 0.05) is 33.2 Å². The molecule has 2 heterocycles. The Morgan fingerprint density at radius 2 is 1.86 bits per heavy atom. The van der Waals surface area contributed by atoms with Crippen molar-refractivity contribution in [1.82, 2.24) is 15.1 Å². The highest BCUT2D eigenvalue weighted by Crippen LogP contribution is 2.13. The number of hydrogen-bond donors (Lipinski definition) is 1. The first-order chi connectivity index (χ1) is 13.7. The molecule has 1 saturated heterocycles. The smallest absolute Gasteiger partial charge is 0.289 e. The van der Waals surface area contributed by atoms with Crippen LogP contribution < -0.4 is 10.1 Å². The monoisotopic (exact) mass is 384 g/mol. The maximum absolute atomic E-state index is 12.4. The second-order valence-corrected chi connectivity index (χ2v) is 6.65. The number of carbonyl (C=O) groups is 1. The van der Waals surface area contributed by atoms with Gasteiger partial charge in [-0.25, -0.2) is 0 Å². The fourth-order valence-corrected chi connectivity index (χ4v) is 3.18. The maximum Gasteiger partial charge on any atom is 0.289 e. The fraction of sp³-hybridized carbons (Fsp3) is 0.429. The van der Waals surface area contributed by atoms with E-state index in [0.717, 1.165) is 31.2 Å². The van der Waals surface area contributed by atoms with Crippen molar-refractivity contribution in [2.75, 3.05) is 39.8 Å². The zero-order valence-corrected chi connectivity index (χ0v) is 16.5. The minimum Gasteiger partial charge on any atom is -0.489 e. The van der Waals surface area contributed by atoms with Gasteiger partial charge in [-0.15, -0.1) is 0 Å². The highest BCUT2D eigenvalue weighted by Gasteiger charge is 2.25. The Labute approximate surface area is 166 Å². The molecule has 0 saturated carbocycles. The van der Waals surface area contributed by atoms with E-state index in [4.69, 9.17) is 9.15 Å². The molecule has 28 heavy (non-hydrogen) atoms. The number of piperazine rings is 1. The van der Waals surface area contributed by atoms with Crippen LogP contribution in [0.15, 0.2) is 58.1 Å². The summed E-state index contributed by atoms with van der Waals surface area (Å²) in [6.07, 6.45) is 2.47. The third kappa shape index (κ3) is 5.06. The minimum atomic E-state index is -0.0603. The summed E-state index contributed by atoms with van der Waals surface area (Å²) in [4.78, 5) is 20.8. The molecule has 0 aliphatic carbocycles. The van der Waals surface area contributed by atoms with Crippen molar-refractivity contribution in [3.63, 3.8) is 0 Å². The van der Waals surface area contributed by atoms with E-state index in [0.29, 0.717) is 25.4 Å². The van der Waals surface area contributed by atoms with Crippen LogP contribution in [0.5, 0.6) is 5.75 Å². The van der Waals surface area contributed by atoms with Gasteiger partial charge in [-0.1, -0.05) is 25.1 Å². The number of rotatable bonds is 6. The van der Waals surface area contributed by atoms with Crippen LogP contribution in [0.1, 0.15) is 23.9 Å². The van der Waals surface area contributed by atoms with Crippen molar-refractivity contribution in [3.8, 4) is 5.75 Å². The number of nitrogens with one attached hydrogen (secondary N) is 1. The third-order valence-corrected chi connectivity index (χ3v) is 4.80. The molecule has 1 aliphatic rings. The van der Waals surface area contributed by atoms with E-state index in [9.17, 15) is 4.79 Å². The second kappa shape index (κ2) is 9.82. The first-order valence-corrected chi connectivity index (χ1v) is 9.71. The van der Waals surface area contributed by atoms with Crippen molar-refractivity contribution in [2.24, 2.45) is 4.99 Å². The van der Waals surface area contributed by atoms with E-state index in [2.05, 4.69) is 22.1 Å². The number of guanidine groups is 1. The summed E-state index contributed by atoms with van der Waals surface area (Å²) in [5.41, 5.74) is 0. The Morgan fingerprint density at radius 1 is 1.14 bits per heavy atom. The van der Waals surface area contributed by atoms with Gasteiger partial charge < -0.3 is 24.3 Å². The van der Waals surface area contributed by atoms with Crippen LogP contribution >= 0.6 is 0 Å².